The summed E-state index contributed by atoms with van der Waals surface area (Å²) in [6, 6.07) is 21.8. The van der Waals surface area contributed by atoms with Crippen molar-refractivity contribution in [3.63, 3.8) is 0 Å². The Bertz CT molecular complexity index is 1530. The maximum atomic E-state index is 13.1. The highest BCUT2D eigenvalue weighted by atomic mass is 32.1. The fourth-order valence-corrected chi connectivity index (χ4v) is 6.55. The molecule has 0 aliphatic carbocycles. The van der Waals surface area contributed by atoms with Crippen molar-refractivity contribution < 1.29 is 14.3 Å². The molecular weight excluding hydrogens is 476 g/mol. The Hall–Kier alpha value is -3.68. The molecule has 0 bridgehead atoms. The molecule has 0 radical (unpaired) electrons. The van der Waals surface area contributed by atoms with Crippen LogP contribution in [0.5, 0.6) is 11.5 Å². The lowest BCUT2D eigenvalue weighted by Gasteiger charge is -2.06. The Morgan fingerprint density at radius 2 is 1.77 bits per heavy atom. The monoisotopic (exact) mass is 498 g/mol. The predicted molar refractivity (Wildman–Crippen MR) is 142 cm³/mol. The quantitative estimate of drug-likeness (QED) is 0.278. The van der Waals surface area contributed by atoms with Crippen LogP contribution in [-0.2, 0) is 6.42 Å². The third-order valence-corrected chi connectivity index (χ3v) is 8.36. The number of benzene rings is 3. The van der Waals surface area contributed by atoms with Crippen molar-refractivity contribution >= 4 is 43.8 Å². The number of thiazole rings is 1. The maximum absolute atomic E-state index is 13.1. The molecular formula is C28H22N2O3S2. The summed E-state index contributed by atoms with van der Waals surface area (Å²) >= 11 is 3.25. The Labute approximate surface area is 211 Å². The summed E-state index contributed by atoms with van der Waals surface area (Å²) in [6.45, 7) is 4.38. The highest BCUT2D eigenvalue weighted by molar-refractivity contribution is 7.23. The van der Waals surface area contributed by atoms with Gasteiger partial charge < -0.3 is 14.8 Å². The van der Waals surface area contributed by atoms with Crippen molar-refractivity contribution in [1.82, 2.24) is 4.98 Å². The Kier molecular flexibility index (Phi) is 5.51. The second-order valence-corrected chi connectivity index (χ2v) is 10.7. The van der Waals surface area contributed by atoms with Crippen molar-refractivity contribution in [2.45, 2.75) is 20.3 Å². The van der Waals surface area contributed by atoms with E-state index < -0.39 is 0 Å². The molecule has 1 aliphatic heterocycles. The molecule has 5 aromatic rings. The number of nitrogens with zero attached hydrogens (tertiary/aromatic N) is 1. The van der Waals surface area contributed by atoms with Crippen molar-refractivity contribution in [2.24, 2.45) is 0 Å². The second-order valence-electron chi connectivity index (χ2n) is 8.53. The fraction of sp³-hybridized carbons (Fsp3) is 0.143. The van der Waals surface area contributed by atoms with Gasteiger partial charge in [0.05, 0.1) is 10.2 Å². The first-order valence-corrected chi connectivity index (χ1v) is 12.9. The molecule has 0 atom stereocenters. The number of aryl methyl sites for hydroxylation is 1. The van der Waals surface area contributed by atoms with Gasteiger partial charge in [-0.3, -0.25) is 4.79 Å². The molecule has 1 amide bonds. The van der Waals surface area contributed by atoms with Gasteiger partial charge >= 0.3 is 0 Å². The number of anilines is 1. The molecule has 0 fully saturated rings. The average molecular weight is 499 g/mol. The van der Waals surface area contributed by atoms with E-state index in [0.717, 1.165) is 60.4 Å². The predicted octanol–water partition coefficient (Wildman–Crippen LogP) is 7.21. The van der Waals surface area contributed by atoms with E-state index in [4.69, 9.17) is 14.5 Å². The van der Waals surface area contributed by atoms with Crippen LogP contribution in [0, 0.1) is 13.8 Å². The zero-order chi connectivity index (χ0) is 23.9. The van der Waals surface area contributed by atoms with E-state index in [2.05, 4.69) is 24.4 Å². The summed E-state index contributed by atoms with van der Waals surface area (Å²) in [5, 5.41) is 4.91. The molecule has 0 spiro atoms. The first-order chi connectivity index (χ1) is 17.0. The van der Waals surface area contributed by atoms with Gasteiger partial charge in [-0.15, -0.1) is 22.7 Å². The number of carbonyl (C=O) groups excluding carboxylic acids is 1. The van der Waals surface area contributed by atoms with Crippen molar-refractivity contribution in [3.05, 3.63) is 93.9 Å². The number of ether oxygens (including phenoxy) is 2. The van der Waals surface area contributed by atoms with Crippen LogP contribution < -0.4 is 14.8 Å². The first-order valence-electron chi connectivity index (χ1n) is 11.3. The van der Waals surface area contributed by atoms with E-state index in [0.29, 0.717) is 5.56 Å². The van der Waals surface area contributed by atoms with E-state index in [9.17, 15) is 4.79 Å². The smallest absolute Gasteiger partial charge is 0.256 e. The van der Waals surface area contributed by atoms with E-state index in [1.165, 1.54) is 4.88 Å². The highest BCUT2D eigenvalue weighted by Gasteiger charge is 2.23. The lowest BCUT2D eigenvalue weighted by atomic mass is 10.1. The molecule has 0 saturated heterocycles. The van der Waals surface area contributed by atoms with Gasteiger partial charge in [-0.1, -0.05) is 35.9 Å². The number of amides is 1. The summed E-state index contributed by atoms with van der Waals surface area (Å²) in [7, 11) is 0. The summed E-state index contributed by atoms with van der Waals surface area (Å²) < 4.78 is 12.1. The minimum atomic E-state index is -0.122. The average Bonchev–Trinajstić information content (AvgIpc) is 3.56. The number of fused-ring (bicyclic) bond motifs is 2. The van der Waals surface area contributed by atoms with Crippen LogP contribution in [-0.4, -0.2) is 17.7 Å². The van der Waals surface area contributed by atoms with Crippen LogP contribution in [0.25, 0.3) is 20.8 Å². The maximum Gasteiger partial charge on any atom is 0.256 e. The second kappa shape index (κ2) is 8.83. The minimum absolute atomic E-state index is 0.122. The largest absolute Gasteiger partial charge is 0.454 e. The summed E-state index contributed by atoms with van der Waals surface area (Å²) in [5.74, 6) is 1.43. The van der Waals surface area contributed by atoms with Gasteiger partial charge in [0, 0.05) is 22.4 Å². The zero-order valence-corrected chi connectivity index (χ0v) is 20.9. The summed E-state index contributed by atoms with van der Waals surface area (Å²) in [6.07, 6.45) is 0.728. The minimum Gasteiger partial charge on any atom is -0.454 e. The normalized spacial score (nSPS) is 12.3. The van der Waals surface area contributed by atoms with E-state index in [-0.39, 0.29) is 12.7 Å². The lowest BCUT2D eigenvalue weighted by molar-refractivity contribution is 0.102. The number of para-hydroxylation sites is 1. The van der Waals surface area contributed by atoms with Crippen molar-refractivity contribution in [1.29, 1.82) is 0 Å². The SMILES string of the molecule is Cc1ccc(C(=O)Nc2sc(Cc3ccc4c(c3)OCO4)c(C)c2-c2nc3ccccc3s2)cc1. The molecule has 7 heteroatoms. The molecule has 35 heavy (non-hydrogen) atoms. The molecule has 5 nitrogen and oxygen atoms in total. The molecule has 3 aromatic carbocycles. The van der Waals surface area contributed by atoms with Crippen LogP contribution in [0.4, 0.5) is 5.00 Å². The molecule has 1 N–H and O–H groups in total. The molecule has 6 rings (SSSR count). The van der Waals surface area contributed by atoms with E-state index in [1.54, 1.807) is 22.7 Å². The van der Waals surface area contributed by atoms with Gasteiger partial charge in [0.2, 0.25) is 6.79 Å². The van der Waals surface area contributed by atoms with Crippen LogP contribution >= 0.6 is 22.7 Å². The molecule has 2 aromatic heterocycles. The first kappa shape index (κ1) is 21.8. The Balaban J connectivity index is 1.40. The molecule has 0 unspecified atom stereocenters. The van der Waals surface area contributed by atoms with Crippen LogP contribution in [0.15, 0.2) is 66.7 Å². The standard InChI is InChI=1S/C28H22N2O3S2/c1-16-7-10-19(11-8-16)26(31)30-28-25(27-29-20-5-3-4-6-23(20)34-27)17(2)24(35-28)14-18-9-12-21-22(13-18)33-15-32-21/h3-13H,14-15H2,1-2H3,(H,30,31). The van der Waals surface area contributed by atoms with Gasteiger partial charge in [0.1, 0.15) is 10.0 Å². The van der Waals surface area contributed by atoms with E-state index >= 15 is 0 Å². The number of hydrogen-bond donors (Lipinski definition) is 1. The van der Waals surface area contributed by atoms with Gasteiger partial charge in [-0.2, -0.15) is 0 Å². The van der Waals surface area contributed by atoms with Crippen LogP contribution in [0.1, 0.15) is 31.9 Å². The third-order valence-electron chi connectivity index (χ3n) is 6.10. The summed E-state index contributed by atoms with van der Waals surface area (Å²) in [4.78, 5) is 19.2. The molecule has 1 aliphatic rings. The van der Waals surface area contributed by atoms with Crippen LogP contribution in [0.2, 0.25) is 0 Å². The molecule has 174 valence electrons. The molecule has 0 saturated carbocycles. The summed E-state index contributed by atoms with van der Waals surface area (Å²) in [5.41, 5.74) is 5.97. The topological polar surface area (TPSA) is 60.5 Å². The van der Waals surface area contributed by atoms with Crippen molar-refractivity contribution in [3.8, 4) is 22.1 Å². The third kappa shape index (κ3) is 4.17. The number of aromatic nitrogens is 1. The number of thiophene rings is 1. The van der Waals surface area contributed by atoms with Crippen LogP contribution in [0.3, 0.4) is 0 Å². The lowest BCUT2D eigenvalue weighted by Crippen LogP contribution is -2.11. The number of rotatable bonds is 5. The number of carbonyl (C=O) groups is 1. The Morgan fingerprint density at radius 1 is 0.971 bits per heavy atom. The zero-order valence-electron chi connectivity index (χ0n) is 19.3. The van der Waals surface area contributed by atoms with E-state index in [1.807, 2.05) is 61.5 Å². The van der Waals surface area contributed by atoms with Gasteiger partial charge in [0.15, 0.2) is 11.5 Å². The highest BCUT2D eigenvalue weighted by Crippen LogP contribution is 2.44. The fourth-order valence-electron chi connectivity index (χ4n) is 4.17. The van der Waals surface area contributed by atoms with Crippen molar-refractivity contribution in [2.75, 3.05) is 12.1 Å². The number of nitrogens with one attached hydrogen (secondary N) is 1. The molecule has 3 heterocycles. The van der Waals surface area contributed by atoms with Gasteiger partial charge in [0.25, 0.3) is 5.91 Å². The van der Waals surface area contributed by atoms with Gasteiger partial charge in [-0.25, -0.2) is 4.98 Å². The van der Waals surface area contributed by atoms with Gasteiger partial charge in [-0.05, 0) is 61.4 Å². The Morgan fingerprint density at radius 3 is 2.60 bits per heavy atom. The number of hydrogen-bond acceptors (Lipinski definition) is 6.